The molecule has 0 saturated heterocycles. The van der Waals surface area contributed by atoms with E-state index in [1.54, 1.807) is 0 Å². The van der Waals surface area contributed by atoms with E-state index in [-0.39, 0.29) is 11.1 Å². The van der Waals surface area contributed by atoms with Gasteiger partial charge in [-0.25, -0.2) is 9.59 Å². The van der Waals surface area contributed by atoms with Gasteiger partial charge in [0.05, 0.1) is 18.2 Å². The lowest BCUT2D eigenvalue weighted by Gasteiger charge is -2.11. The molecule has 0 aliphatic heterocycles. The van der Waals surface area contributed by atoms with Crippen LogP contribution in [-0.2, 0) is 9.53 Å². The van der Waals surface area contributed by atoms with E-state index in [0.29, 0.717) is 0 Å². The summed E-state index contributed by atoms with van der Waals surface area (Å²) >= 11 is 0. The van der Waals surface area contributed by atoms with Crippen LogP contribution < -0.4 is 9.47 Å². The van der Waals surface area contributed by atoms with Gasteiger partial charge in [0, 0.05) is 6.92 Å². The first-order valence-electron chi connectivity index (χ1n) is 7.25. The Labute approximate surface area is 151 Å². The van der Waals surface area contributed by atoms with E-state index < -0.39 is 52.4 Å². The van der Waals surface area contributed by atoms with Crippen molar-refractivity contribution in [1.82, 2.24) is 0 Å². The first-order valence-corrected chi connectivity index (χ1v) is 7.25. The fraction of sp³-hybridized carbons (Fsp3) is 0.118. The fourth-order valence-electron chi connectivity index (χ4n) is 2.01. The fourth-order valence-corrected chi connectivity index (χ4v) is 2.01. The highest BCUT2D eigenvalue weighted by Crippen LogP contribution is 2.39. The number of ether oxygens (including phenoxy) is 3. The number of rotatable bonds is 4. The molecule has 0 atom stereocenters. The summed E-state index contributed by atoms with van der Waals surface area (Å²) in [6.45, 7) is 1.04. The maximum absolute atomic E-state index is 12.3. The molecule has 0 amide bonds. The van der Waals surface area contributed by atoms with Gasteiger partial charge >= 0.3 is 17.9 Å². The molecule has 2 aromatic carbocycles. The molecule has 0 fully saturated rings. The smallest absolute Gasteiger partial charge is 0.343 e. The standard InChI is InChI=1S/C17H14O10/c1-7(18)26-12-6-9(4-11(20)14(12)21)17(24)27-13-5-8(16(23)25-2)3-10(19)15(13)22/h3-6,19-22H,1-2H3. The van der Waals surface area contributed by atoms with Crippen molar-refractivity contribution < 1.29 is 49.0 Å². The van der Waals surface area contributed by atoms with Crippen LogP contribution in [0.25, 0.3) is 0 Å². The maximum Gasteiger partial charge on any atom is 0.343 e. The molecule has 10 heteroatoms. The van der Waals surface area contributed by atoms with E-state index in [1.165, 1.54) is 0 Å². The number of aromatic hydroxyl groups is 4. The number of methoxy groups -OCH3 is 1. The molecule has 0 unspecified atom stereocenters. The Morgan fingerprint density at radius 1 is 0.741 bits per heavy atom. The van der Waals surface area contributed by atoms with Gasteiger partial charge in [-0.2, -0.15) is 0 Å². The van der Waals surface area contributed by atoms with Crippen molar-refractivity contribution >= 4 is 17.9 Å². The minimum atomic E-state index is -1.16. The Morgan fingerprint density at radius 3 is 1.63 bits per heavy atom. The molecule has 0 radical (unpaired) electrons. The summed E-state index contributed by atoms with van der Waals surface area (Å²) in [6, 6.07) is 3.60. The molecule has 0 aliphatic carbocycles. The van der Waals surface area contributed by atoms with Gasteiger partial charge in [-0.15, -0.1) is 0 Å². The number of benzene rings is 2. The first-order chi connectivity index (χ1) is 12.6. The summed E-state index contributed by atoms with van der Waals surface area (Å²) in [6.07, 6.45) is 0. The van der Waals surface area contributed by atoms with Crippen molar-refractivity contribution in [3.05, 3.63) is 35.4 Å². The average molecular weight is 378 g/mol. The molecule has 0 bridgehead atoms. The molecule has 2 rings (SSSR count). The van der Waals surface area contributed by atoms with Crippen LogP contribution in [0.2, 0.25) is 0 Å². The number of hydrogen-bond donors (Lipinski definition) is 4. The molecule has 2 aromatic rings. The lowest BCUT2D eigenvalue weighted by atomic mass is 10.1. The van der Waals surface area contributed by atoms with E-state index in [0.717, 1.165) is 38.3 Å². The molecule has 0 saturated carbocycles. The Morgan fingerprint density at radius 2 is 1.19 bits per heavy atom. The molecule has 0 spiro atoms. The van der Waals surface area contributed by atoms with Gasteiger partial charge in [0.2, 0.25) is 11.5 Å². The van der Waals surface area contributed by atoms with Gasteiger partial charge in [-0.05, 0) is 24.3 Å². The van der Waals surface area contributed by atoms with Crippen molar-refractivity contribution in [3.63, 3.8) is 0 Å². The van der Waals surface area contributed by atoms with Crippen molar-refractivity contribution in [2.75, 3.05) is 7.11 Å². The Hall–Kier alpha value is -3.95. The monoisotopic (exact) mass is 378 g/mol. The van der Waals surface area contributed by atoms with Crippen molar-refractivity contribution in [1.29, 1.82) is 0 Å². The minimum absolute atomic E-state index is 0.204. The van der Waals surface area contributed by atoms with Gasteiger partial charge in [0.1, 0.15) is 0 Å². The van der Waals surface area contributed by atoms with Gasteiger partial charge in [0.15, 0.2) is 23.0 Å². The zero-order chi connectivity index (χ0) is 20.3. The van der Waals surface area contributed by atoms with Crippen LogP contribution in [0.15, 0.2) is 24.3 Å². The van der Waals surface area contributed by atoms with E-state index in [1.807, 2.05) is 0 Å². The van der Waals surface area contributed by atoms with E-state index >= 15 is 0 Å². The number of phenols is 4. The summed E-state index contributed by atoms with van der Waals surface area (Å²) < 4.78 is 14.1. The predicted molar refractivity (Wildman–Crippen MR) is 87.2 cm³/mol. The number of phenolic OH excluding ortho intramolecular Hbond substituents is 4. The van der Waals surface area contributed by atoms with E-state index in [2.05, 4.69) is 9.47 Å². The lowest BCUT2D eigenvalue weighted by Crippen LogP contribution is -2.11. The highest BCUT2D eigenvalue weighted by Gasteiger charge is 2.21. The van der Waals surface area contributed by atoms with Crippen LogP contribution in [0.4, 0.5) is 0 Å². The predicted octanol–water partition coefficient (Wildman–Crippen LogP) is 1.44. The van der Waals surface area contributed by atoms with Gasteiger partial charge in [-0.3, -0.25) is 4.79 Å². The van der Waals surface area contributed by atoms with Crippen molar-refractivity contribution in [2.24, 2.45) is 0 Å². The molecule has 27 heavy (non-hydrogen) atoms. The van der Waals surface area contributed by atoms with Crippen LogP contribution in [0, 0.1) is 0 Å². The second kappa shape index (κ2) is 7.52. The number of esters is 3. The third-order valence-corrected chi connectivity index (χ3v) is 3.22. The van der Waals surface area contributed by atoms with Crippen LogP contribution in [0.3, 0.4) is 0 Å². The number of carbonyl (C=O) groups excluding carboxylic acids is 3. The topological polar surface area (TPSA) is 160 Å². The highest BCUT2D eigenvalue weighted by molar-refractivity contribution is 5.95. The molecular weight excluding hydrogens is 364 g/mol. The lowest BCUT2D eigenvalue weighted by molar-refractivity contribution is -0.132. The van der Waals surface area contributed by atoms with E-state index in [9.17, 15) is 34.8 Å². The number of carbonyl (C=O) groups is 3. The van der Waals surface area contributed by atoms with Crippen molar-refractivity contribution in [3.8, 4) is 34.5 Å². The SMILES string of the molecule is COC(=O)c1cc(O)c(O)c(OC(=O)c2cc(O)c(O)c(OC(C)=O)c2)c1. The quantitative estimate of drug-likeness (QED) is 0.348. The summed E-state index contributed by atoms with van der Waals surface area (Å²) in [5.74, 6) is -6.99. The Kier molecular flexibility index (Phi) is 5.40. The largest absolute Gasteiger partial charge is 0.504 e. The van der Waals surface area contributed by atoms with Crippen LogP contribution in [0.1, 0.15) is 27.6 Å². The highest BCUT2D eigenvalue weighted by atomic mass is 16.5. The van der Waals surface area contributed by atoms with E-state index in [4.69, 9.17) is 4.74 Å². The zero-order valence-corrected chi connectivity index (χ0v) is 14.0. The normalized spacial score (nSPS) is 10.1. The molecule has 4 N–H and O–H groups in total. The molecule has 142 valence electrons. The number of hydrogen-bond acceptors (Lipinski definition) is 10. The zero-order valence-electron chi connectivity index (χ0n) is 14.0. The third kappa shape index (κ3) is 4.18. The second-order valence-corrected chi connectivity index (χ2v) is 5.16. The summed E-state index contributed by atoms with van der Waals surface area (Å²) in [5, 5.41) is 38.8. The average Bonchev–Trinajstić information content (AvgIpc) is 2.61. The first kappa shape index (κ1) is 19.4. The van der Waals surface area contributed by atoms with Crippen LogP contribution in [0.5, 0.6) is 34.5 Å². The molecular formula is C17H14O10. The summed E-state index contributed by atoms with van der Waals surface area (Å²) in [5.41, 5.74) is -0.561. The van der Waals surface area contributed by atoms with Gasteiger partial charge in [-0.1, -0.05) is 0 Å². The van der Waals surface area contributed by atoms with Gasteiger partial charge < -0.3 is 34.6 Å². The molecule has 0 aromatic heterocycles. The summed E-state index contributed by atoms with van der Waals surface area (Å²) in [4.78, 5) is 34.8. The van der Waals surface area contributed by atoms with Gasteiger partial charge in [0.25, 0.3) is 0 Å². The van der Waals surface area contributed by atoms with Crippen LogP contribution in [-0.4, -0.2) is 45.4 Å². The minimum Gasteiger partial charge on any atom is -0.504 e. The summed E-state index contributed by atoms with van der Waals surface area (Å²) in [7, 11) is 1.09. The Balaban J connectivity index is 2.40. The molecule has 10 nitrogen and oxygen atoms in total. The van der Waals surface area contributed by atoms with Crippen LogP contribution >= 0.6 is 0 Å². The maximum atomic E-state index is 12.3. The van der Waals surface area contributed by atoms with Crippen molar-refractivity contribution in [2.45, 2.75) is 6.92 Å². The Bertz CT molecular complexity index is 932. The second-order valence-electron chi connectivity index (χ2n) is 5.16. The third-order valence-electron chi connectivity index (χ3n) is 3.22. The molecule has 0 aliphatic rings. The molecule has 0 heterocycles.